The average Bonchev–Trinajstić information content (AvgIpc) is 2.67. The van der Waals surface area contributed by atoms with E-state index in [0.717, 1.165) is 59.8 Å². The molecule has 2 aromatic rings. The van der Waals surface area contributed by atoms with Crippen LogP contribution >= 0.6 is 11.6 Å². The Bertz CT molecular complexity index is 983. The van der Waals surface area contributed by atoms with E-state index in [2.05, 4.69) is 26.5 Å². The fourth-order valence-corrected chi connectivity index (χ4v) is 4.28. The summed E-state index contributed by atoms with van der Waals surface area (Å²) in [5.41, 5.74) is 3.94. The van der Waals surface area contributed by atoms with Gasteiger partial charge in [0, 0.05) is 32.5 Å². The molecule has 3 rings (SSSR count). The minimum Gasteiger partial charge on any atom is -0.496 e. The molecule has 3 nitrogen and oxygen atoms in total. The normalized spacial score (nSPS) is 15.6. The minimum absolute atomic E-state index is 0.382. The highest BCUT2D eigenvalue weighted by Gasteiger charge is 2.28. The van der Waals surface area contributed by atoms with E-state index >= 15 is 0 Å². The second-order valence-electron chi connectivity index (χ2n) is 8.15. The molecule has 2 aromatic carbocycles. The molecule has 0 amide bonds. The first-order valence-electron chi connectivity index (χ1n) is 10.1. The van der Waals surface area contributed by atoms with Crippen LogP contribution in [0.3, 0.4) is 0 Å². The third kappa shape index (κ3) is 4.67. The molecule has 0 radical (unpaired) electrons. The SMILES string of the molecule is C=C(C)C(=O)Oc1c2c(c(OC)c3cc(Cl)ccc13)CCC(CCC=C(C)C)C2. The van der Waals surface area contributed by atoms with Gasteiger partial charge in [-0.2, -0.15) is 0 Å². The summed E-state index contributed by atoms with van der Waals surface area (Å²) in [6, 6.07) is 5.62. The number of benzene rings is 2. The monoisotopic (exact) mass is 412 g/mol. The summed E-state index contributed by atoms with van der Waals surface area (Å²) in [6.07, 6.45) is 7.36. The Morgan fingerprint density at radius 1 is 1.21 bits per heavy atom. The quantitative estimate of drug-likeness (QED) is 0.225. The molecule has 0 heterocycles. The zero-order valence-electron chi connectivity index (χ0n) is 17.7. The molecule has 0 saturated carbocycles. The van der Waals surface area contributed by atoms with Crippen molar-refractivity contribution in [3.05, 3.63) is 58.1 Å². The van der Waals surface area contributed by atoms with E-state index in [9.17, 15) is 4.79 Å². The maximum atomic E-state index is 12.4. The fourth-order valence-electron chi connectivity index (χ4n) is 4.10. The summed E-state index contributed by atoms with van der Waals surface area (Å²) < 4.78 is 11.7. The molecule has 1 atom stereocenters. The number of halogens is 1. The van der Waals surface area contributed by atoms with Crippen molar-refractivity contribution in [1.82, 2.24) is 0 Å². The maximum absolute atomic E-state index is 12.4. The standard InChI is InChI=1S/C25H29ClO3/c1-15(2)7-6-8-17-9-11-19-21(13-17)24(29-25(27)16(3)4)20-12-10-18(26)14-22(20)23(19)28-5/h7,10,12,14,17H,3,6,8-9,11,13H2,1-2,4-5H3. The summed E-state index contributed by atoms with van der Waals surface area (Å²) in [4.78, 5) is 12.4. The molecule has 4 heteroatoms. The van der Waals surface area contributed by atoms with Crippen LogP contribution in [-0.2, 0) is 17.6 Å². The van der Waals surface area contributed by atoms with E-state index in [4.69, 9.17) is 21.1 Å². The van der Waals surface area contributed by atoms with Gasteiger partial charge in [-0.25, -0.2) is 4.79 Å². The second-order valence-corrected chi connectivity index (χ2v) is 8.58. The Balaban J connectivity index is 2.11. The molecule has 0 aromatic heterocycles. The lowest BCUT2D eigenvalue weighted by Crippen LogP contribution is -2.19. The van der Waals surface area contributed by atoms with E-state index in [1.165, 1.54) is 5.57 Å². The van der Waals surface area contributed by atoms with E-state index < -0.39 is 5.97 Å². The number of hydrogen-bond donors (Lipinski definition) is 0. The van der Waals surface area contributed by atoms with Crippen molar-refractivity contribution in [2.45, 2.75) is 52.9 Å². The van der Waals surface area contributed by atoms with E-state index in [-0.39, 0.29) is 0 Å². The molecule has 0 fully saturated rings. The Labute approximate surface area is 178 Å². The Morgan fingerprint density at radius 3 is 2.62 bits per heavy atom. The highest BCUT2D eigenvalue weighted by molar-refractivity contribution is 6.31. The number of esters is 1. The van der Waals surface area contributed by atoms with Gasteiger partial charge in [0.2, 0.25) is 0 Å². The molecule has 0 spiro atoms. The van der Waals surface area contributed by atoms with Crippen molar-refractivity contribution in [3.63, 3.8) is 0 Å². The molecule has 29 heavy (non-hydrogen) atoms. The topological polar surface area (TPSA) is 35.5 Å². The van der Waals surface area contributed by atoms with Crippen LogP contribution in [0.2, 0.25) is 5.02 Å². The Kier molecular flexibility index (Phi) is 6.69. The number of carbonyl (C=O) groups excluding carboxylic acids is 1. The smallest absolute Gasteiger partial charge is 0.338 e. The summed E-state index contributed by atoms with van der Waals surface area (Å²) in [7, 11) is 1.69. The van der Waals surface area contributed by atoms with Crippen molar-refractivity contribution >= 4 is 28.3 Å². The van der Waals surface area contributed by atoms with Crippen molar-refractivity contribution in [2.75, 3.05) is 7.11 Å². The largest absolute Gasteiger partial charge is 0.496 e. The number of allylic oxidation sites excluding steroid dienone is 2. The lowest BCUT2D eigenvalue weighted by Gasteiger charge is -2.29. The first-order chi connectivity index (χ1) is 13.8. The van der Waals surface area contributed by atoms with Gasteiger partial charge in [-0.05, 0) is 77.0 Å². The summed E-state index contributed by atoms with van der Waals surface area (Å²) >= 11 is 6.26. The number of carbonyl (C=O) groups is 1. The predicted octanol–water partition coefficient (Wildman–Crippen LogP) is 6.83. The lowest BCUT2D eigenvalue weighted by molar-refractivity contribution is -0.130. The molecule has 0 N–H and O–H groups in total. The van der Waals surface area contributed by atoms with Crippen LogP contribution in [0.5, 0.6) is 11.5 Å². The molecule has 0 saturated heterocycles. The van der Waals surface area contributed by atoms with Crippen molar-refractivity contribution in [2.24, 2.45) is 5.92 Å². The fraction of sp³-hybridized carbons (Fsp3) is 0.400. The van der Waals surface area contributed by atoms with Gasteiger partial charge >= 0.3 is 5.97 Å². The van der Waals surface area contributed by atoms with Gasteiger partial charge in [0.05, 0.1) is 7.11 Å². The predicted molar refractivity (Wildman–Crippen MR) is 120 cm³/mol. The van der Waals surface area contributed by atoms with Crippen LogP contribution in [-0.4, -0.2) is 13.1 Å². The first kappa shape index (κ1) is 21.4. The summed E-state index contributed by atoms with van der Waals surface area (Å²) in [5.74, 6) is 1.62. The van der Waals surface area contributed by atoms with Gasteiger partial charge in [-0.15, -0.1) is 0 Å². The van der Waals surface area contributed by atoms with Crippen molar-refractivity contribution < 1.29 is 14.3 Å². The lowest BCUT2D eigenvalue weighted by atomic mass is 9.79. The molecule has 1 aliphatic carbocycles. The third-order valence-corrected chi connectivity index (χ3v) is 5.79. The van der Waals surface area contributed by atoms with Gasteiger partial charge in [0.1, 0.15) is 11.5 Å². The molecule has 1 aliphatic rings. The van der Waals surface area contributed by atoms with Crippen molar-refractivity contribution in [1.29, 1.82) is 0 Å². The summed E-state index contributed by atoms with van der Waals surface area (Å²) in [6.45, 7) is 9.67. The maximum Gasteiger partial charge on any atom is 0.338 e. The molecule has 0 bridgehead atoms. The van der Waals surface area contributed by atoms with Crippen LogP contribution in [0.15, 0.2) is 42.0 Å². The molecular formula is C25H29ClO3. The zero-order chi connectivity index (χ0) is 21.1. The van der Waals surface area contributed by atoms with E-state index in [1.54, 1.807) is 14.0 Å². The van der Waals surface area contributed by atoms with Gasteiger partial charge in [0.25, 0.3) is 0 Å². The number of ether oxygens (including phenoxy) is 2. The van der Waals surface area contributed by atoms with Gasteiger partial charge in [-0.1, -0.05) is 29.8 Å². The van der Waals surface area contributed by atoms with Crippen LogP contribution < -0.4 is 9.47 Å². The van der Waals surface area contributed by atoms with Crippen molar-refractivity contribution in [3.8, 4) is 11.5 Å². The third-order valence-electron chi connectivity index (χ3n) is 5.55. The molecular weight excluding hydrogens is 384 g/mol. The van der Waals surface area contributed by atoms with Crippen LogP contribution in [0.25, 0.3) is 10.8 Å². The zero-order valence-corrected chi connectivity index (χ0v) is 18.5. The number of fused-ring (bicyclic) bond motifs is 2. The highest BCUT2D eigenvalue weighted by Crippen LogP contribution is 2.46. The minimum atomic E-state index is -0.403. The Hall–Kier alpha value is -2.26. The van der Waals surface area contributed by atoms with Gasteiger partial charge < -0.3 is 9.47 Å². The Morgan fingerprint density at radius 2 is 1.97 bits per heavy atom. The molecule has 154 valence electrons. The van der Waals surface area contributed by atoms with Crippen LogP contribution in [0.4, 0.5) is 0 Å². The number of rotatable bonds is 6. The van der Waals surface area contributed by atoms with E-state index in [0.29, 0.717) is 22.3 Å². The number of methoxy groups -OCH3 is 1. The van der Waals surface area contributed by atoms with E-state index in [1.807, 2.05) is 18.2 Å². The number of hydrogen-bond acceptors (Lipinski definition) is 3. The van der Waals surface area contributed by atoms with Crippen LogP contribution in [0.1, 0.15) is 51.2 Å². The molecule has 0 aliphatic heterocycles. The summed E-state index contributed by atoms with van der Waals surface area (Å²) in [5, 5.41) is 2.36. The second kappa shape index (κ2) is 9.04. The highest BCUT2D eigenvalue weighted by atomic mass is 35.5. The average molecular weight is 413 g/mol. The first-order valence-corrected chi connectivity index (χ1v) is 10.5. The van der Waals surface area contributed by atoms with Gasteiger partial charge in [0.15, 0.2) is 0 Å². The van der Waals surface area contributed by atoms with Crippen LogP contribution in [0, 0.1) is 5.92 Å². The van der Waals surface area contributed by atoms with Gasteiger partial charge in [-0.3, -0.25) is 0 Å². The molecule has 1 unspecified atom stereocenters.